The monoisotopic (exact) mass is 282 g/mol. The van der Waals surface area contributed by atoms with Crippen LogP contribution in [-0.2, 0) is 6.42 Å². The Labute approximate surface area is 121 Å². The van der Waals surface area contributed by atoms with E-state index in [1.807, 2.05) is 45.9 Å². The molecule has 0 fully saturated rings. The number of rotatable bonds is 3. The molecule has 0 aromatic heterocycles. The van der Waals surface area contributed by atoms with Gasteiger partial charge in [-0.05, 0) is 37.6 Å². The van der Waals surface area contributed by atoms with Crippen LogP contribution in [0.25, 0.3) is 0 Å². The van der Waals surface area contributed by atoms with Crippen LogP contribution in [-0.4, -0.2) is 27.2 Å². The first-order chi connectivity index (χ1) is 9.58. The summed E-state index contributed by atoms with van der Waals surface area (Å²) in [5.41, 5.74) is 1.85. The number of benzene rings is 1. The third-order valence-electron chi connectivity index (χ3n) is 2.21. The Morgan fingerprint density at radius 1 is 1.10 bits per heavy atom. The van der Waals surface area contributed by atoms with E-state index >= 15 is 0 Å². The van der Waals surface area contributed by atoms with Crippen molar-refractivity contribution in [2.45, 2.75) is 34.1 Å². The molecule has 0 radical (unpaired) electrons. The zero-order valence-corrected chi connectivity index (χ0v) is 12.7. The van der Waals surface area contributed by atoms with Gasteiger partial charge in [-0.3, -0.25) is 0 Å². The summed E-state index contributed by atoms with van der Waals surface area (Å²) in [5.74, 6) is 0.399. The van der Waals surface area contributed by atoms with Crippen LogP contribution in [0.4, 0.5) is 0 Å². The Bertz CT molecular complexity index is 409. The number of aromatic hydroxyl groups is 2. The minimum absolute atomic E-state index is 0.179. The van der Waals surface area contributed by atoms with Crippen LogP contribution >= 0.6 is 0 Å². The smallest absolute Gasteiger partial charge is 0.140 e. The highest BCUT2D eigenvalue weighted by Crippen LogP contribution is 2.24. The van der Waals surface area contributed by atoms with Crippen molar-refractivity contribution in [3.8, 4) is 11.5 Å². The molecule has 0 saturated carbocycles. The second kappa shape index (κ2) is 13.6. The van der Waals surface area contributed by atoms with Gasteiger partial charge in [0.2, 0.25) is 0 Å². The van der Waals surface area contributed by atoms with Crippen molar-refractivity contribution < 1.29 is 20.4 Å². The highest BCUT2D eigenvalue weighted by Gasteiger charge is 2.03. The van der Waals surface area contributed by atoms with Gasteiger partial charge in [0.25, 0.3) is 0 Å². The van der Waals surface area contributed by atoms with Crippen molar-refractivity contribution in [3.63, 3.8) is 0 Å². The molecular formula is C16H26O4. The van der Waals surface area contributed by atoms with Gasteiger partial charge in [-0.2, -0.15) is 0 Å². The number of aliphatic hydroxyl groups excluding tert-OH is 1. The van der Waals surface area contributed by atoms with Crippen LogP contribution in [0.2, 0.25) is 0 Å². The van der Waals surface area contributed by atoms with E-state index in [2.05, 4.69) is 0 Å². The predicted molar refractivity (Wildman–Crippen MR) is 82.7 cm³/mol. The molecule has 0 bridgehead atoms. The molecule has 0 unspecified atom stereocenters. The van der Waals surface area contributed by atoms with Crippen LogP contribution in [0, 0.1) is 0 Å². The SMILES string of the molecule is C/C=C\C(=C/C)Cc1cc(O)ccc1O.CC.OCO. The Morgan fingerprint density at radius 2 is 1.65 bits per heavy atom. The van der Waals surface area contributed by atoms with Gasteiger partial charge in [0.1, 0.15) is 18.3 Å². The molecule has 4 nitrogen and oxygen atoms in total. The standard InChI is InChI=1S/C13H16O2.C2H6.CH4O2/c1-3-5-10(4-2)8-11-9-12(14)6-7-13(11)15;1-2;2-1-3/h3-7,9,14-15H,8H2,1-2H3;1-2H3;2-3H,1H2/b5-3-,10-4+;;. The summed E-state index contributed by atoms with van der Waals surface area (Å²) in [5, 5.41) is 33.1. The maximum atomic E-state index is 9.59. The normalized spacial score (nSPS) is 10.4. The van der Waals surface area contributed by atoms with E-state index in [0.29, 0.717) is 6.42 Å². The lowest BCUT2D eigenvalue weighted by atomic mass is 10.0. The maximum Gasteiger partial charge on any atom is 0.140 e. The summed E-state index contributed by atoms with van der Waals surface area (Å²) in [7, 11) is 0. The lowest BCUT2D eigenvalue weighted by Crippen LogP contribution is -1.88. The van der Waals surface area contributed by atoms with Crippen molar-refractivity contribution in [1.82, 2.24) is 0 Å². The molecule has 0 aliphatic carbocycles. The Hall–Kier alpha value is -1.78. The van der Waals surface area contributed by atoms with Gasteiger partial charge in [0.05, 0.1) is 0 Å². The average Bonchev–Trinajstić information content (AvgIpc) is 2.45. The van der Waals surface area contributed by atoms with E-state index in [4.69, 9.17) is 10.2 Å². The quantitative estimate of drug-likeness (QED) is 0.390. The predicted octanol–water partition coefficient (Wildman–Crippen LogP) is 3.12. The van der Waals surface area contributed by atoms with E-state index in [1.165, 1.54) is 12.1 Å². The number of hydrogen-bond donors (Lipinski definition) is 4. The molecule has 20 heavy (non-hydrogen) atoms. The van der Waals surface area contributed by atoms with Crippen LogP contribution < -0.4 is 0 Å². The first kappa shape index (κ1) is 20.5. The summed E-state index contributed by atoms with van der Waals surface area (Å²) in [6.45, 7) is 7.15. The molecule has 0 atom stereocenters. The van der Waals surface area contributed by atoms with Gasteiger partial charge in [0.15, 0.2) is 0 Å². The molecule has 1 rings (SSSR count). The first-order valence-electron chi connectivity index (χ1n) is 6.59. The van der Waals surface area contributed by atoms with Gasteiger partial charge in [-0.15, -0.1) is 0 Å². The molecule has 0 aliphatic heterocycles. The summed E-state index contributed by atoms with van der Waals surface area (Å²) in [4.78, 5) is 0. The summed E-state index contributed by atoms with van der Waals surface area (Å²) < 4.78 is 0. The first-order valence-corrected chi connectivity index (χ1v) is 6.59. The van der Waals surface area contributed by atoms with Gasteiger partial charge < -0.3 is 20.4 Å². The van der Waals surface area contributed by atoms with Crippen molar-refractivity contribution in [1.29, 1.82) is 0 Å². The van der Waals surface area contributed by atoms with Crippen molar-refractivity contribution in [2.24, 2.45) is 0 Å². The third kappa shape index (κ3) is 9.19. The average molecular weight is 282 g/mol. The fourth-order valence-corrected chi connectivity index (χ4v) is 1.40. The van der Waals surface area contributed by atoms with E-state index in [9.17, 15) is 10.2 Å². The summed E-state index contributed by atoms with van der Waals surface area (Å²) >= 11 is 0. The highest BCUT2D eigenvalue weighted by molar-refractivity contribution is 5.42. The second-order valence-electron chi connectivity index (χ2n) is 3.49. The van der Waals surface area contributed by atoms with Gasteiger partial charge in [-0.1, -0.05) is 32.1 Å². The molecule has 0 amide bonds. The van der Waals surface area contributed by atoms with Gasteiger partial charge in [-0.25, -0.2) is 0 Å². The second-order valence-corrected chi connectivity index (χ2v) is 3.49. The largest absolute Gasteiger partial charge is 0.508 e. The van der Waals surface area contributed by atoms with Crippen LogP contribution in [0.15, 0.2) is 42.0 Å². The van der Waals surface area contributed by atoms with Crippen LogP contribution in [0.3, 0.4) is 0 Å². The molecule has 0 aliphatic rings. The fraction of sp³-hybridized carbons (Fsp3) is 0.375. The molecule has 4 heteroatoms. The molecular weight excluding hydrogens is 256 g/mol. The third-order valence-corrected chi connectivity index (χ3v) is 2.21. The van der Waals surface area contributed by atoms with E-state index in [0.717, 1.165) is 11.1 Å². The Kier molecular flexibility index (Phi) is 14.0. The summed E-state index contributed by atoms with van der Waals surface area (Å²) in [6, 6.07) is 4.57. The number of allylic oxidation sites excluding steroid dienone is 4. The maximum absolute atomic E-state index is 9.59. The Balaban J connectivity index is 0. The van der Waals surface area contributed by atoms with Gasteiger partial charge in [0, 0.05) is 12.0 Å². The zero-order chi connectivity index (χ0) is 16.0. The number of hydrogen-bond acceptors (Lipinski definition) is 4. The summed E-state index contributed by atoms with van der Waals surface area (Å²) in [6.07, 6.45) is 6.56. The highest BCUT2D eigenvalue weighted by atomic mass is 16.5. The zero-order valence-electron chi connectivity index (χ0n) is 12.7. The molecule has 0 spiro atoms. The lowest BCUT2D eigenvalue weighted by molar-refractivity contribution is 0.0773. The van der Waals surface area contributed by atoms with Crippen LogP contribution in [0.1, 0.15) is 33.3 Å². The fourth-order valence-electron chi connectivity index (χ4n) is 1.40. The van der Waals surface area contributed by atoms with Crippen molar-refractivity contribution >= 4 is 0 Å². The lowest BCUT2D eigenvalue weighted by Gasteiger charge is -2.05. The topological polar surface area (TPSA) is 80.9 Å². The number of phenolic OH excluding ortho intramolecular Hbond substituents is 2. The molecule has 4 N–H and O–H groups in total. The molecule has 1 aromatic carbocycles. The van der Waals surface area contributed by atoms with E-state index in [-0.39, 0.29) is 11.5 Å². The number of aliphatic hydroxyl groups is 2. The van der Waals surface area contributed by atoms with Gasteiger partial charge >= 0.3 is 0 Å². The van der Waals surface area contributed by atoms with E-state index < -0.39 is 6.79 Å². The molecule has 114 valence electrons. The van der Waals surface area contributed by atoms with E-state index in [1.54, 1.807) is 6.07 Å². The molecule has 1 aromatic rings. The molecule has 0 saturated heterocycles. The minimum Gasteiger partial charge on any atom is -0.508 e. The van der Waals surface area contributed by atoms with Crippen molar-refractivity contribution in [3.05, 3.63) is 47.6 Å². The number of phenols is 2. The molecule has 0 heterocycles. The Morgan fingerprint density at radius 3 is 2.10 bits per heavy atom. The van der Waals surface area contributed by atoms with Crippen molar-refractivity contribution in [2.75, 3.05) is 6.79 Å². The minimum atomic E-state index is -0.750. The van der Waals surface area contributed by atoms with Crippen LogP contribution in [0.5, 0.6) is 11.5 Å².